The number of piperazine rings is 1. The predicted molar refractivity (Wildman–Crippen MR) is 111 cm³/mol. The topological polar surface area (TPSA) is 69.7 Å². The van der Waals surface area contributed by atoms with E-state index in [0.717, 1.165) is 50.8 Å². The summed E-state index contributed by atoms with van der Waals surface area (Å²) in [7, 11) is -3.69. The number of carbonyl (C=O) groups is 1. The molecule has 1 heterocycles. The van der Waals surface area contributed by atoms with Crippen molar-refractivity contribution in [3.63, 3.8) is 0 Å². The molecule has 1 amide bonds. The summed E-state index contributed by atoms with van der Waals surface area (Å²) < 4.78 is 28.3. The van der Waals surface area contributed by atoms with Gasteiger partial charge in [0.05, 0.1) is 11.4 Å². The SMILES string of the molecule is CC(C)Cc1ccc(S(=O)(=O)N(CC(=O)N2CCNCC2)C2CCCC2)cc1. The van der Waals surface area contributed by atoms with E-state index in [4.69, 9.17) is 0 Å². The van der Waals surface area contributed by atoms with Gasteiger partial charge >= 0.3 is 0 Å². The highest BCUT2D eigenvalue weighted by Gasteiger charge is 2.35. The molecule has 1 aromatic rings. The van der Waals surface area contributed by atoms with Gasteiger partial charge in [-0.2, -0.15) is 4.31 Å². The van der Waals surface area contributed by atoms with E-state index in [0.29, 0.717) is 23.9 Å². The van der Waals surface area contributed by atoms with Crippen LogP contribution in [0.5, 0.6) is 0 Å². The molecular formula is C21H33N3O3S. The van der Waals surface area contributed by atoms with Crippen molar-refractivity contribution in [3.8, 4) is 0 Å². The fourth-order valence-corrected chi connectivity index (χ4v) is 5.79. The Hall–Kier alpha value is -1.44. The number of sulfonamides is 1. The highest BCUT2D eigenvalue weighted by molar-refractivity contribution is 7.89. The zero-order chi connectivity index (χ0) is 20.1. The molecule has 1 N–H and O–H groups in total. The van der Waals surface area contributed by atoms with E-state index in [2.05, 4.69) is 19.2 Å². The summed E-state index contributed by atoms with van der Waals surface area (Å²) in [6.07, 6.45) is 4.63. The normalized spacial score (nSPS) is 18.9. The van der Waals surface area contributed by atoms with Crippen LogP contribution in [0.2, 0.25) is 0 Å². The first-order valence-corrected chi connectivity index (χ1v) is 11.9. The Morgan fingerprint density at radius 2 is 1.75 bits per heavy atom. The van der Waals surface area contributed by atoms with Crippen LogP contribution in [0, 0.1) is 5.92 Å². The quantitative estimate of drug-likeness (QED) is 0.753. The van der Waals surface area contributed by atoms with Crippen molar-refractivity contribution in [1.29, 1.82) is 0 Å². The van der Waals surface area contributed by atoms with E-state index in [1.807, 2.05) is 12.1 Å². The third-order valence-electron chi connectivity index (χ3n) is 5.67. The van der Waals surface area contributed by atoms with E-state index in [1.165, 1.54) is 4.31 Å². The average Bonchev–Trinajstić information content (AvgIpc) is 3.20. The van der Waals surface area contributed by atoms with Gasteiger partial charge in [0.1, 0.15) is 0 Å². The smallest absolute Gasteiger partial charge is 0.243 e. The van der Waals surface area contributed by atoms with Crippen molar-refractivity contribution in [2.45, 2.75) is 56.9 Å². The van der Waals surface area contributed by atoms with Crippen LogP contribution in [0.25, 0.3) is 0 Å². The van der Waals surface area contributed by atoms with Crippen molar-refractivity contribution < 1.29 is 13.2 Å². The molecule has 1 aromatic carbocycles. The summed E-state index contributed by atoms with van der Waals surface area (Å²) in [5, 5.41) is 3.23. The number of hydrogen-bond acceptors (Lipinski definition) is 4. The molecule has 2 fully saturated rings. The third-order valence-corrected chi connectivity index (χ3v) is 7.58. The van der Waals surface area contributed by atoms with Crippen molar-refractivity contribution >= 4 is 15.9 Å². The minimum atomic E-state index is -3.69. The fraction of sp³-hybridized carbons (Fsp3) is 0.667. The Morgan fingerprint density at radius 1 is 1.14 bits per heavy atom. The maximum absolute atomic E-state index is 13.4. The molecule has 6 nitrogen and oxygen atoms in total. The average molecular weight is 408 g/mol. The lowest BCUT2D eigenvalue weighted by Gasteiger charge is -2.32. The molecular weight excluding hydrogens is 374 g/mol. The van der Waals surface area contributed by atoms with E-state index in [-0.39, 0.29) is 18.5 Å². The van der Waals surface area contributed by atoms with Crippen LogP contribution < -0.4 is 5.32 Å². The Bertz CT molecular complexity index is 750. The summed E-state index contributed by atoms with van der Waals surface area (Å²) in [6, 6.07) is 7.12. The standard InChI is InChI=1S/C21H33N3O3S/c1-17(2)15-18-7-9-20(10-8-18)28(26,27)24(19-5-3-4-6-19)16-21(25)23-13-11-22-12-14-23/h7-10,17,19,22H,3-6,11-16H2,1-2H3. The minimum absolute atomic E-state index is 0.0548. The Morgan fingerprint density at radius 3 is 2.32 bits per heavy atom. The molecule has 1 aliphatic carbocycles. The van der Waals surface area contributed by atoms with Crippen LogP contribution in [0.4, 0.5) is 0 Å². The lowest BCUT2D eigenvalue weighted by Crippen LogP contribution is -2.51. The van der Waals surface area contributed by atoms with Crippen molar-refractivity contribution in [2.75, 3.05) is 32.7 Å². The van der Waals surface area contributed by atoms with Crippen LogP contribution in [-0.2, 0) is 21.2 Å². The van der Waals surface area contributed by atoms with Crippen molar-refractivity contribution in [2.24, 2.45) is 5.92 Å². The minimum Gasteiger partial charge on any atom is -0.339 e. The van der Waals surface area contributed by atoms with E-state index in [9.17, 15) is 13.2 Å². The first kappa shape index (κ1) is 21.3. The molecule has 1 saturated heterocycles. The van der Waals surface area contributed by atoms with Gasteiger partial charge in [0.2, 0.25) is 15.9 Å². The summed E-state index contributed by atoms with van der Waals surface area (Å²) in [6.45, 7) is 7.05. The monoisotopic (exact) mass is 407 g/mol. The summed E-state index contributed by atoms with van der Waals surface area (Å²) in [5.74, 6) is 0.433. The highest BCUT2D eigenvalue weighted by atomic mass is 32.2. The number of nitrogens with zero attached hydrogens (tertiary/aromatic N) is 2. The molecule has 2 aliphatic rings. The molecule has 0 radical (unpaired) electrons. The molecule has 156 valence electrons. The second-order valence-electron chi connectivity index (χ2n) is 8.36. The number of amides is 1. The van der Waals surface area contributed by atoms with E-state index < -0.39 is 10.0 Å². The molecule has 1 saturated carbocycles. The van der Waals surface area contributed by atoms with E-state index in [1.54, 1.807) is 17.0 Å². The second kappa shape index (κ2) is 9.37. The highest BCUT2D eigenvalue weighted by Crippen LogP contribution is 2.29. The number of nitrogens with one attached hydrogen (secondary N) is 1. The van der Waals surface area contributed by atoms with Crippen molar-refractivity contribution in [3.05, 3.63) is 29.8 Å². The van der Waals surface area contributed by atoms with Gasteiger partial charge in [-0.1, -0.05) is 38.8 Å². The molecule has 7 heteroatoms. The lowest BCUT2D eigenvalue weighted by molar-refractivity contribution is -0.132. The second-order valence-corrected chi connectivity index (χ2v) is 10.3. The Labute approximate surface area is 169 Å². The number of hydrogen-bond donors (Lipinski definition) is 1. The lowest BCUT2D eigenvalue weighted by atomic mass is 10.0. The third kappa shape index (κ3) is 5.13. The molecule has 0 spiro atoms. The van der Waals surface area contributed by atoms with Crippen LogP contribution in [0.3, 0.4) is 0 Å². The van der Waals surface area contributed by atoms with Crippen LogP contribution in [0.1, 0.15) is 45.1 Å². The molecule has 0 atom stereocenters. The first-order chi connectivity index (χ1) is 13.4. The maximum atomic E-state index is 13.4. The molecule has 0 bridgehead atoms. The van der Waals surface area contributed by atoms with E-state index >= 15 is 0 Å². The molecule has 0 unspecified atom stereocenters. The Balaban J connectivity index is 1.80. The number of rotatable bonds is 7. The summed E-state index contributed by atoms with van der Waals surface area (Å²) >= 11 is 0. The largest absolute Gasteiger partial charge is 0.339 e. The molecule has 3 rings (SSSR count). The van der Waals surface area contributed by atoms with Crippen molar-refractivity contribution in [1.82, 2.24) is 14.5 Å². The maximum Gasteiger partial charge on any atom is 0.243 e. The molecule has 1 aliphatic heterocycles. The van der Waals surface area contributed by atoms with Gasteiger partial charge in [-0.25, -0.2) is 8.42 Å². The Kier molecular flexibility index (Phi) is 7.12. The predicted octanol–water partition coefficient (Wildman–Crippen LogP) is 2.25. The number of benzene rings is 1. The van der Waals surface area contributed by atoms with Gasteiger partial charge in [0.25, 0.3) is 0 Å². The van der Waals surface area contributed by atoms with Crippen LogP contribution in [-0.4, -0.2) is 62.3 Å². The van der Waals surface area contributed by atoms with Gasteiger partial charge < -0.3 is 10.2 Å². The fourth-order valence-electron chi connectivity index (χ4n) is 4.15. The summed E-state index contributed by atoms with van der Waals surface area (Å²) in [4.78, 5) is 14.9. The van der Waals surface area contributed by atoms with Gasteiger partial charge in [0, 0.05) is 32.2 Å². The van der Waals surface area contributed by atoms with Gasteiger partial charge in [-0.05, 0) is 42.9 Å². The first-order valence-electron chi connectivity index (χ1n) is 10.5. The van der Waals surface area contributed by atoms with Gasteiger partial charge in [-0.15, -0.1) is 0 Å². The van der Waals surface area contributed by atoms with Crippen LogP contribution >= 0.6 is 0 Å². The van der Waals surface area contributed by atoms with Crippen LogP contribution in [0.15, 0.2) is 29.2 Å². The van der Waals surface area contributed by atoms with Gasteiger partial charge in [0.15, 0.2) is 0 Å². The van der Waals surface area contributed by atoms with Gasteiger partial charge in [-0.3, -0.25) is 4.79 Å². The zero-order valence-electron chi connectivity index (χ0n) is 17.1. The summed E-state index contributed by atoms with van der Waals surface area (Å²) in [5.41, 5.74) is 1.14. The zero-order valence-corrected chi connectivity index (χ0v) is 17.9. The number of carbonyl (C=O) groups excluding carboxylic acids is 1. The molecule has 0 aromatic heterocycles. The molecule has 28 heavy (non-hydrogen) atoms.